The second-order valence-corrected chi connectivity index (χ2v) is 6.68. The molecule has 3 aromatic rings. The number of aromatic nitrogens is 2. The highest BCUT2D eigenvalue weighted by Crippen LogP contribution is 2.29. The maximum atomic E-state index is 13.2. The van der Waals surface area contributed by atoms with Crippen molar-refractivity contribution in [3.63, 3.8) is 0 Å². The van der Waals surface area contributed by atoms with E-state index >= 15 is 0 Å². The number of nitrogens with zero attached hydrogens (tertiary/aromatic N) is 3. The number of nitrogens with one attached hydrogen (secondary N) is 1. The summed E-state index contributed by atoms with van der Waals surface area (Å²) >= 11 is 0. The van der Waals surface area contributed by atoms with E-state index in [9.17, 15) is 9.59 Å². The first-order chi connectivity index (χ1) is 13.2. The molecule has 0 saturated carbocycles. The van der Waals surface area contributed by atoms with Crippen molar-refractivity contribution in [2.75, 3.05) is 18.0 Å². The summed E-state index contributed by atoms with van der Waals surface area (Å²) in [6, 6.07) is 13.4. The Morgan fingerprint density at radius 3 is 2.81 bits per heavy atom. The van der Waals surface area contributed by atoms with Crippen molar-refractivity contribution in [2.24, 2.45) is 0 Å². The second kappa shape index (κ2) is 7.23. The number of amides is 2. The predicted molar refractivity (Wildman–Crippen MR) is 104 cm³/mol. The lowest BCUT2D eigenvalue weighted by molar-refractivity contribution is 0.0950. The van der Waals surface area contributed by atoms with E-state index in [4.69, 9.17) is 0 Å². The van der Waals surface area contributed by atoms with Crippen LogP contribution < -0.4 is 10.2 Å². The lowest BCUT2D eigenvalue weighted by Gasteiger charge is -2.16. The normalized spacial score (nSPS) is 13.0. The number of imidazole rings is 1. The van der Waals surface area contributed by atoms with Crippen molar-refractivity contribution >= 4 is 23.0 Å². The predicted octanol–water partition coefficient (Wildman–Crippen LogP) is 3.07. The SMILES string of the molecule is CCCCNC(=O)c1nc(C(=O)N2CCc3ccccc32)n2ccccc12. The minimum absolute atomic E-state index is 0.186. The van der Waals surface area contributed by atoms with E-state index in [0.29, 0.717) is 24.3 Å². The topological polar surface area (TPSA) is 66.7 Å². The van der Waals surface area contributed by atoms with Gasteiger partial charge >= 0.3 is 0 Å². The van der Waals surface area contributed by atoms with Crippen LogP contribution in [0.25, 0.3) is 5.52 Å². The average Bonchev–Trinajstić information content (AvgIpc) is 3.30. The minimum atomic E-state index is -0.243. The quantitative estimate of drug-likeness (QED) is 0.710. The van der Waals surface area contributed by atoms with Gasteiger partial charge in [-0.15, -0.1) is 0 Å². The molecule has 3 heterocycles. The van der Waals surface area contributed by atoms with Gasteiger partial charge in [0, 0.05) is 25.0 Å². The fourth-order valence-corrected chi connectivity index (χ4v) is 3.49. The molecule has 0 fully saturated rings. The maximum absolute atomic E-state index is 13.2. The molecule has 2 aromatic heterocycles. The molecular formula is C21H22N4O2. The van der Waals surface area contributed by atoms with Gasteiger partial charge in [-0.1, -0.05) is 37.6 Å². The van der Waals surface area contributed by atoms with Crippen LogP contribution in [0.5, 0.6) is 0 Å². The fourth-order valence-electron chi connectivity index (χ4n) is 3.49. The first kappa shape index (κ1) is 17.3. The summed E-state index contributed by atoms with van der Waals surface area (Å²) in [5, 5.41) is 2.89. The first-order valence-electron chi connectivity index (χ1n) is 9.35. The zero-order valence-corrected chi connectivity index (χ0v) is 15.3. The molecule has 2 amide bonds. The summed E-state index contributed by atoms with van der Waals surface area (Å²) in [6.07, 6.45) is 4.52. The molecule has 6 heteroatoms. The van der Waals surface area contributed by atoms with Crippen molar-refractivity contribution in [2.45, 2.75) is 26.2 Å². The number of pyridine rings is 1. The lowest BCUT2D eigenvalue weighted by Crippen LogP contribution is -2.30. The van der Waals surface area contributed by atoms with Gasteiger partial charge in [0.15, 0.2) is 5.69 Å². The molecule has 138 valence electrons. The molecule has 1 aliphatic heterocycles. The van der Waals surface area contributed by atoms with Crippen LogP contribution in [-0.2, 0) is 6.42 Å². The summed E-state index contributed by atoms with van der Waals surface area (Å²) in [5.74, 6) is -0.162. The smallest absolute Gasteiger partial charge is 0.294 e. The van der Waals surface area contributed by atoms with Crippen LogP contribution >= 0.6 is 0 Å². The molecule has 0 bridgehead atoms. The Hall–Kier alpha value is -3.15. The standard InChI is InChI=1S/C21H22N4O2/c1-2-3-12-22-20(26)18-17-10-6-7-13-24(17)19(23-18)21(27)25-14-11-15-8-4-5-9-16(15)25/h4-10,13H,2-3,11-12,14H2,1H3,(H,22,26). The summed E-state index contributed by atoms with van der Waals surface area (Å²) in [5.41, 5.74) is 3.01. The Morgan fingerprint density at radius 2 is 1.96 bits per heavy atom. The zero-order valence-electron chi connectivity index (χ0n) is 15.3. The van der Waals surface area contributed by atoms with Crippen LogP contribution in [0.4, 0.5) is 5.69 Å². The van der Waals surface area contributed by atoms with Crippen molar-refractivity contribution < 1.29 is 9.59 Å². The van der Waals surface area contributed by atoms with E-state index in [1.807, 2.05) is 42.5 Å². The average molecular weight is 362 g/mol. The monoisotopic (exact) mass is 362 g/mol. The number of benzene rings is 1. The second-order valence-electron chi connectivity index (χ2n) is 6.68. The van der Waals surface area contributed by atoms with E-state index in [-0.39, 0.29) is 17.6 Å². The van der Waals surface area contributed by atoms with Crippen molar-refractivity contribution in [1.82, 2.24) is 14.7 Å². The van der Waals surface area contributed by atoms with Gasteiger partial charge in [-0.3, -0.25) is 14.0 Å². The van der Waals surface area contributed by atoms with Gasteiger partial charge in [0.2, 0.25) is 5.82 Å². The van der Waals surface area contributed by atoms with Gasteiger partial charge in [0.05, 0.1) is 5.52 Å². The highest BCUT2D eigenvalue weighted by atomic mass is 16.2. The van der Waals surface area contributed by atoms with E-state index in [1.54, 1.807) is 15.5 Å². The number of rotatable bonds is 5. The van der Waals surface area contributed by atoms with Gasteiger partial charge in [-0.05, 0) is 36.6 Å². The number of hydrogen-bond donors (Lipinski definition) is 1. The Bertz CT molecular complexity index is 1010. The van der Waals surface area contributed by atoms with Crippen molar-refractivity contribution in [3.05, 3.63) is 65.7 Å². The minimum Gasteiger partial charge on any atom is -0.351 e. The molecular weight excluding hydrogens is 340 g/mol. The molecule has 1 N–H and O–H groups in total. The fraction of sp³-hybridized carbons (Fsp3) is 0.286. The number of unbranched alkanes of at least 4 members (excludes halogenated alkanes) is 1. The molecule has 4 rings (SSSR count). The molecule has 0 spiro atoms. The molecule has 0 aliphatic carbocycles. The Morgan fingerprint density at radius 1 is 1.15 bits per heavy atom. The van der Waals surface area contributed by atoms with Crippen LogP contribution in [-0.4, -0.2) is 34.3 Å². The molecule has 0 atom stereocenters. The van der Waals surface area contributed by atoms with Crippen molar-refractivity contribution in [3.8, 4) is 0 Å². The van der Waals surface area contributed by atoms with E-state index in [2.05, 4.69) is 17.2 Å². The van der Waals surface area contributed by atoms with Gasteiger partial charge in [-0.2, -0.15) is 0 Å². The van der Waals surface area contributed by atoms with Crippen LogP contribution in [0.15, 0.2) is 48.7 Å². The first-order valence-corrected chi connectivity index (χ1v) is 9.35. The molecule has 1 aliphatic rings. The third-order valence-electron chi connectivity index (χ3n) is 4.90. The van der Waals surface area contributed by atoms with E-state index in [0.717, 1.165) is 30.5 Å². The van der Waals surface area contributed by atoms with E-state index < -0.39 is 0 Å². The van der Waals surface area contributed by atoms with Crippen LogP contribution in [0.3, 0.4) is 0 Å². The largest absolute Gasteiger partial charge is 0.351 e. The molecule has 6 nitrogen and oxygen atoms in total. The van der Waals surface area contributed by atoms with Gasteiger partial charge in [-0.25, -0.2) is 4.98 Å². The molecule has 0 saturated heterocycles. The highest BCUT2D eigenvalue weighted by Gasteiger charge is 2.29. The summed E-state index contributed by atoms with van der Waals surface area (Å²) in [4.78, 5) is 32.0. The highest BCUT2D eigenvalue weighted by molar-refractivity contribution is 6.08. The molecule has 27 heavy (non-hydrogen) atoms. The molecule has 0 unspecified atom stereocenters. The lowest BCUT2D eigenvalue weighted by atomic mass is 10.2. The van der Waals surface area contributed by atoms with Crippen LogP contribution in [0.2, 0.25) is 0 Å². The third kappa shape index (κ3) is 3.07. The van der Waals surface area contributed by atoms with Crippen LogP contribution in [0.1, 0.15) is 46.4 Å². The number of carbonyl (C=O) groups is 2. The third-order valence-corrected chi connectivity index (χ3v) is 4.90. The summed E-state index contributed by atoms with van der Waals surface area (Å²) in [7, 11) is 0. The maximum Gasteiger partial charge on any atom is 0.294 e. The van der Waals surface area contributed by atoms with Gasteiger partial charge in [0.25, 0.3) is 11.8 Å². The van der Waals surface area contributed by atoms with Crippen LogP contribution in [0, 0.1) is 0 Å². The molecule has 1 aromatic carbocycles. The number of hydrogen-bond acceptors (Lipinski definition) is 3. The zero-order chi connectivity index (χ0) is 18.8. The Kier molecular flexibility index (Phi) is 4.62. The number of carbonyl (C=O) groups excluding carboxylic acids is 2. The number of anilines is 1. The van der Waals surface area contributed by atoms with Crippen molar-refractivity contribution in [1.29, 1.82) is 0 Å². The van der Waals surface area contributed by atoms with Gasteiger partial charge < -0.3 is 10.2 Å². The number of fused-ring (bicyclic) bond motifs is 2. The van der Waals surface area contributed by atoms with E-state index in [1.165, 1.54) is 0 Å². The summed E-state index contributed by atoms with van der Waals surface area (Å²) in [6.45, 7) is 3.30. The Labute approximate surface area is 157 Å². The summed E-state index contributed by atoms with van der Waals surface area (Å²) < 4.78 is 1.71. The van der Waals surface area contributed by atoms with Gasteiger partial charge in [0.1, 0.15) is 0 Å². The Balaban J connectivity index is 1.70. The molecule has 0 radical (unpaired) electrons. The number of para-hydroxylation sites is 1.